The minimum Gasteiger partial charge on any atom is -0.495 e. The molecule has 0 aliphatic heterocycles. The number of hydrogen-bond donors (Lipinski definition) is 2. The monoisotopic (exact) mass is 274 g/mol. The fourth-order valence-electron chi connectivity index (χ4n) is 1.60. The molecule has 0 unspecified atom stereocenters. The van der Waals surface area contributed by atoms with E-state index < -0.39 is 0 Å². The van der Waals surface area contributed by atoms with E-state index in [0.29, 0.717) is 11.6 Å². The van der Waals surface area contributed by atoms with Crippen molar-refractivity contribution in [2.75, 3.05) is 12.4 Å². The molecule has 0 amide bonds. The van der Waals surface area contributed by atoms with E-state index in [9.17, 15) is 0 Å². The summed E-state index contributed by atoms with van der Waals surface area (Å²) in [5, 5.41) is 3.10. The Hall–Kier alpha value is -2.21. The summed E-state index contributed by atoms with van der Waals surface area (Å²) in [4.78, 5) is 8.60. The predicted octanol–water partition coefficient (Wildman–Crippen LogP) is 2.17. The minimum atomic E-state index is 0.238. The van der Waals surface area contributed by atoms with E-state index in [0.717, 1.165) is 17.0 Å². The van der Waals surface area contributed by atoms with Gasteiger partial charge in [-0.15, -0.1) is 0 Å². The molecule has 0 saturated carbocycles. The van der Waals surface area contributed by atoms with E-state index in [-0.39, 0.29) is 4.99 Å². The van der Waals surface area contributed by atoms with Crippen molar-refractivity contribution in [3.63, 3.8) is 0 Å². The third kappa shape index (κ3) is 3.17. The third-order valence-corrected chi connectivity index (χ3v) is 2.72. The minimum absolute atomic E-state index is 0.238. The maximum Gasteiger partial charge on any atom is 0.227 e. The topological polar surface area (TPSA) is 73.1 Å². The van der Waals surface area contributed by atoms with E-state index in [1.807, 2.05) is 25.1 Å². The summed E-state index contributed by atoms with van der Waals surface area (Å²) in [6.07, 6.45) is 1.60. The van der Waals surface area contributed by atoms with Gasteiger partial charge in [-0.05, 0) is 30.7 Å². The molecule has 0 aliphatic carbocycles. The molecule has 3 N–H and O–H groups in total. The molecule has 0 bridgehead atoms. The maximum absolute atomic E-state index is 5.54. The molecule has 19 heavy (non-hydrogen) atoms. The van der Waals surface area contributed by atoms with E-state index >= 15 is 0 Å². The number of benzene rings is 1. The van der Waals surface area contributed by atoms with E-state index in [1.165, 1.54) is 0 Å². The summed E-state index contributed by atoms with van der Waals surface area (Å²) < 4.78 is 5.28. The highest BCUT2D eigenvalue weighted by molar-refractivity contribution is 7.80. The van der Waals surface area contributed by atoms with Gasteiger partial charge in [-0.25, -0.2) is 9.97 Å². The number of nitrogens with zero attached hydrogens (tertiary/aromatic N) is 2. The summed E-state index contributed by atoms with van der Waals surface area (Å²) in [6, 6.07) is 7.47. The molecule has 2 rings (SSSR count). The van der Waals surface area contributed by atoms with Crippen molar-refractivity contribution >= 4 is 28.8 Å². The second-order valence-electron chi connectivity index (χ2n) is 3.96. The van der Waals surface area contributed by atoms with Gasteiger partial charge in [0.1, 0.15) is 16.4 Å². The van der Waals surface area contributed by atoms with Crippen molar-refractivity contribution in [2.24, 2.45) is 5.73 Å². The van der Waals surface area contributed by atoms with Gasteiger partial charge in [0.25, 0.3) is 0 Å². The second-order valence-corrected chi connectivity index (χ2v) is 4.40. The van der Waals surface area contributed by atoms with Crippen LogP contribution in [0.4, 0.5) is 11.6 Å². The highest BCUT2D eigenvalue weighted by atomic mass is 32.1. The molecule has 5 nitrogen and oxygen atoms in total. The fourth-order valence-corrected chi connectivity index (χ4v) is 1.71. The van der Waals surface area contributed by atoms with Gasteiger partial charge in [-0.2, -0.15) is 0 Å². The SMILES string of the molecule is COc1ccc(C)cc1Nc1nccc(C(N)=S)n1. The first-order valence-corrected chi connectivity index (χ1v) is 6.05. The van der Waals surface area contributed by atoms with Crippen LogP contribution in [0.15, 0.2) is 30.5 Å². The van der Waals surface area contributed by atoms with Gasteiger partial charge in [0, 0.05) is 6.20 Å². The molecule has 6 heteroatoms. The molecule has 0 radical (unpaired) electrons. The smallest absolute Gasteiger partial charge is 0.227 e. The van der Waals surface area contributed by atoms with Gasteiger partial charge < -0.3 is 15.8 Å². The predicted molar refractivity (Wildman–Crippen MR) is 78.9 cm³/mol. The quantitative estimate of drug-likeness (QED) is 0.832. The average Bonchev–Trinajstić information content (AvgIpc) is 2.39. The Morgan fingerprint density at radius 2 is 2.16 bits per heavy atom. The van der Waals surface area contributed by atoms with Gasteiger partial charge in [0.15, 0.2) is 0 Å². The zero-order chi connectivity index (χ0) is 13.8. The molecule has 0 atom stereocenters. The van der Waals surface area contributed by atoms with Crippen molar-refractivity contribution in [2.45, 2.75) is 6.92 Å². The lowest BCUT2D eigenvalue weighted by atomic mass is 10.2. The number of hydrogen-bond acceptors (Lipinski definition) is 5. The first-order chi connectivity index (χ1) is 9.10. The van der Waals surface area contributed by atoms with Gasteiger partial charge >= 0.3 is 0 Å². The Morgan fingerprint density at radius 3 is 2.84 bits per heavy atom. The third-order valence-electron chi connectivity index (χ3n) is 2.51. The summed E-state index contributed by atoms with van der Waals surface area (Å²) in [5.41, 5.74) is 7.97. The van der Waals surface area contributed by atoms with Gasteiger partial charge in [0.05, 0.1) is 12.8 Å². The fraction of sp³-hybridized carbons (Fsp3) is 0.154. The van der Waals surface area contributed by atoms with Gasteiger partial charge in [-0.1, -0.05) is 18.3 Å². The number of nitrogens with one attached hydrogen (secondary N) is 1. The van der Waals surface area contributed by atoms with Crippen LogP contribution in [0.2, 0.25) is 0 Å². The zero-order valence-electron chi connectivity index (χ0n) is 10.7. The average molecular weight is 274 g/mol. The molecule has 0 aliphatic rings. The molecule has 1 heterocycles. The van der Waals surface area contributed by atoms with Crippen LogP contribution in [0, 0.1) is 6.92 Å². The molecule has 98 valence electrons. The number of anilines is 2. The number of thiocarbonyl (C=S) groups is 1. The molecule has 0 fully saturated rings. The second kappa shape index (κ2) is 5.62. The first-order valence-electron chi connectivity index (χ1n) is 5.64. The number of ether oxygens (including phenoxy) is 1. The van der Waals surface area contributed by atoms with Crippen LogP contribution in [-0.2, 0) is 0 Å². The van der Waals surface area contributed by atoms with Crippen molar-refractivity contribution in [1.29, 1.82) is 0 Å². The van der Waals surface area contributed by atoms with Gasteiger partial charge in [-0.3, -0.25) is 0 Å². The lowest BCUT2D eigenvalue weighted by molar-refractivity contribution is 0.416. The lowest BCUT2D eigenvalue weighted by Crippen LogP contribution is -2.13. The number of rotatable bonds is 4. The summed E-state index contributed by atoms with van der Waals surface area (Å²) >= 11 is 4.89. The first kappa shape index (κ1) is 13.2. The Bertz CT molecular complexity index is 615. The molecule has 0 saturated heterocycles. The Kier molecular flexibility index (Phi) is 3.91. The molecule has 2 aromatic rings. The summed E-state index contributed by atoms with van der Waals surface area (Å²) in [7, 11) is 1.61. The lowest BCUT2D eigenvalue weighted by Gasteiger charge is -2.11. The molecule has 1 aromatic heterocycles. The van der Waals surface area contributed by atoms with E-state index in [1.54, 1.807) is 19.4 Å². The molecule has 0 spiro atoms. The van der Waals surface area contributed by atoms with Crippen molar-refractivity contribution in [3.8, 4) is 5.75 Å². The molecular weight excluding hydrogens is 260 g/mol. The van der Waals surface area contributed by atoms with Crippen LogP contribution in [0.5, 0.6) is 5.75 Å². The summed E-state index contributed by atoms with van der Waals surface area (Å²) in [5.74, 6) is 1.14. The number of methoxy groups -OCH3 is 1. The van der Waals surface area contributed by atoms with E-state index in [2.05, 4.69) is 15.3 Å². The largest absolute Gasteiger partial charge is 0.495 e. The number of aromatic nitrogens is 2. The number of nitrogens with two attached hydrogens (primary N) is 1. The van der Waals surface area contributed by atoms with Crippen molar-refractivity contribution in [1.82, 2.24) is 9.97 Å². The van der Waals surface area contributed by atoms with Crippen LogP contribution < -0.4 is 15.8 Å². The van der Waals surface area contributed by atoms with Crippen molar-refractivity contribution in [3.05, 3.63) is 41.7 Å². The highest BCUT2D eigenvalue weighted by Crippen LogP contribution is 2.27. The maximum atomic E-state index is 5.54. The van der Waals surface area contributed by atoms with Crippen LogP contribution >= 0.6 is 12.2 Å². The summed E-state index contributed by atoms with van der Waals surface area (Å²) in [6.45, 7) is 2.00. The van der Waals surface area contributed by atoms with Gasteiger partial charge in [0.2, 0.25) is 5.95 Å². The van der Waals surface area contributed by atoms with Crippen molar-refractivity contribution < 1.29 is 4.74 Å². The normalized spacial score (nSPS) is 10.0. The van der Waals surface area contributed by atoms with Crippen LogP contribution in [0.3, 0.4) is 0 Å². The number of aryl methyl sites for hydroxylation is 1. The molecule has 1 aromatic carbocycles. The zero-order valence-corrected chi connectivity index (χ0v) is 11.5. The Morgan fingerprint density at radius 1 is 1.37 bits per heavy atom. The standard InChI is InChI=1S/C13H14N4OS/c1-8-3-4-11(18-2)10(7-8)17-13-15-6-5-9(16-13)12(14)19/h3-7H,1-2H3,(H2,14,19)(H,15,16,17). The van der Waals surface area contributed by atoms with Crippen LogP contribution in [-0.4, -0.2) is 22.1 Å². The Balaban J connectivity index is 2.33. The van der Waals surface area contributed by atoms with Crippen LogP contribution in [0.25, 0.3) is 0 Å². The van der Waals surface area contributed by atoms with E-state index in [4.69, 9.17) is 22.7 Å². The highest BCUT2D eigenvalue weighted by Gasteiger charge is 2.06. The van der Waals surface area contributed by atoms with Crippen LogP contribution in [0.1, 0.15) is 11.3 Å². The Labute approximate surface area is 116 Å². The molecular formula is C13H14N4OS.